The first-order chi connectivity index (χ1) is 8.99. The molecule has 0 aromatic carbocycles. The lowest BCUT2D eigenvalue weighted by atomic mass is 10.2. The van der Waals surface area contributed by atoms with Gasteiger partial charge in [0.2, 0.25) is 0 Å². The zero-order valence-corrected chi connectivity index (χ0v) is 12.8. The molecule has 1 amide bonds. The first-order valence-electron chi connectivity index (χ1n) is 5.58. The molecule has 2 aromatic heterocycles. The molecular formula is C13H12BrClN2O2. The van der Waals surface area contributed by atoms with Gasteiger partial charge in [-0.05, 0) is 35.0 Å². The van der Waals surface area contributed by atoms with E-state index >= 15 is 0 Å². The van der Waals surface area contributed by atoms with Crippen LogP contribution in [0.4, 0.5) is 0 Å². The van der Waals surface area contributed by atoms with Gasteiger partial charge in [0.1, 0.15) is 10.9 Å². The summed E-state index contributed by atoms with van der Waals surface area (Å²) < 4.78 is 5.93. The third-order valence-electron chi connectivity index (χ3n) is 2.76. The second-order valence-corrected chi connectivity index (χ2v) is 5.43. The van der Waals surface area contributed by atoms with Crippen molar-refractivity contribution in [3.05, 3.63) is 51.1 Å². The SMILES string of the molecule is Cc1occc1CN(C)C(=O)c1cc(Br)cnc1Cl. The van der Waals surface area contributed by atoms with Crippen LogP contribution >= 0.6 is 27.5 Å². The Balaban J connectivity index is 2.19. The summed E-state index contributed by atoms with van der Waals surface area (Å²) in [5, 5.41) is 0.198. The van der Waals surface area contributed by atoms with E-state index < -0.39 is 0 Å². The van der Waals surface area contributed by atoms with Crippen molar-refractivity contribution in [2.75, 3.05) is 7.05 Å². The fourth-order valence-corrected chi connectivity index (χ4v) is 2.20. The molecule has 0 spiro atoms. The Kier molecular flexibility index (Phi) is 4.27. The van der Waals surface area contributed by atoms with E-state index in [1.165, 1.54) is 0 Å². The van der Waals surface area contributed by atoms with Crippen molar-refractivity contribution in [3.8, 4) is 0 Å². The molecule has 0 aliphatic heterocycles. The minimum atomic E-state index is -0.181. The summed E-state index contributed by atoms with van der Waals surface area (Å²) in [6.45, 7) is 2.32. The van der Waals surface area contributed by atoms with E-state index in [0.29, 0.717) is 16.6 Å². The third-order valence-corrected chi connectivity index (χ3v) is 3.49. The van der Waals surface area contributed by atoms with Crippen LogP contribution in [0.2, 0.25) is 5.15 Å². The molecule has 2 aromatic rings. The van der Waals surface area contributed by atoms with E-state index in [1.54, 1.807) is 30.5 Å². The van der Waals surface area contributed by atoms with Crippen molar-refractivity contribution in [3.63, 3.8) is 0 Å². The number of nitrogens with zero attached hydrogens (tertiary/aromatic N) is 2. The van der Waals surface area contributed by atoms with Crippen LogP contribution < -0.4 is 0 Å². The Morgan fingerprint density at radius 1 is 1.58 bits per heavy atom. The van der Waals surface area contributed by atoms with Crippen molar-refractivity contribution < 1.29 is 9.21 Å². The van der Waals surface area contributed by atoms with E-state index in [1.807, 2.05) is 13.0 Å². The van der Waals surface area contributed by atoms with Crippen molar-refractivity contribution in [2.24, 2.45) is 0 Å². The Morgan fingerprint density at radius 3 is 2.95 bits per heavy atom. The summed E-state index contributed by atoms with van der Waals surface area (Å²) in [6.07, 6.45) is 3.16. The maximum Gasteiger partial charge on any atom is 0.257 e. The molecule has 2 heterocycles. The van der Waals surface area contributed by atoms with Crippen molar-refractivity contribution in [1.29, 1.82) is 0 Å². The zero-order chi connectivity index (χ0) is 14.0. The van der Waals surface area contributed by atoms with Gasteiger partial charge in [-0.1, -0.05) is 11.6 Å². The second-order valence-electron chi connectivity index (χ2n) is 4.16. The number of pyridine rings is 1. The van der Waals surface area contributed by atoms with Crippen LogP contribution in [0, 0.1) is 6.92 Å². The van der Waals surface area contributed by atoms with Crippen LogP contribution in [-0.2, 0) is 6.54 Å². The van der Waals surface area contributed by atoms with Gasteiger partial charge in [-0.2, -0.15) is 0 Å². The summed E-state index contributed by atoms with van der Waals surface area (Å²) in [7, 11) is 1.71. The van der Waals surface area contributed by atoms with Gasteiger partial charge in [0, 0.05) is 29.8 Å². The topological polar surface area (TPSA) is 46.3 Å². The molecule has 0 radical (unpaired) electrons. The van der Waals surface area contributed by atoms with Gasteiger partial charge in [-0.15, -0.1) is 0 Å². The van der Waals surface area contributed by atoms with E-state index in [-0.39, 0.29) is 11.1 Å². The molecular weight excluding hydrogens is 332 g/mol. The normalized spacial score (nSPS) is 10.5. The Morgan fingerprint density at radius 2 is 2.32 bits per heavy atom. The quantitative estimate of drug-likeness (QED) is 0.799. The minimum absolute atomic E-state index is 0.181. The molecule has 0 bridgehead atoms. The second kappa shape index (κ2) is 5.75. The Hall–Kier alpha value is -1.33. The number of halogens is 2. The molecule has 2 rings (SSSR count). The maximum absolute atomic E-state index is 12.3. The molecule has 0 fully saturated rings. The Bertz CT molecular complexity index is 612. The lowest BCUT2D eigenvalue weighted by Crippen LogP contribution is -2.26. The number of aromatic nitrogens is 1. The first kappa shape index (κ1) is 14.1. The van der Waals surface area contributed by atoms with Gasteiger partial charge in [-0.25, -0.2) is 4.98 Å². The number of rotatable bonds is 3. The summed E-state index contributed by atoms with van der Waals surface area (Å²) in [6, 6.07) is 3.51. The average molecular weight is 344 g/mol. The summed E-state index contributed by atoms with van der Waals surface area (Å²) in [5.74, 6) is 0.623. The molecule has 0 aliphatic carbocycles. The molecule has 100 valence electrons. The third kappa shape index (κ3) is 3.16. The molecule has 0 unspecified atom stereocenters. The van der Waals surface area contributed by atoms with Crippen LogP contribution in [0.5, 0.6) is 0 Å². The number of amides is 1. The van der Waals surface area contributed by atoms with Gasteiger partial charge in [0.25, 0.3) is 5.91 Å². The van der Waals surface area contributed by atoms with E-state index in [2.05, 4.69) is 20.9 Å². The van der Waals surface area contributed by atoms with Gasteiger partial charge >= 0.3 is 0 Å². The van der Waals surface area contributed by atoms with Gasteiger partial charge < -0.3 is 9.32 Å². The van der Waals surface area contributed by atoms with Gasteiger partial charge in [-0.3, -0.25) is 4.79 Å². The highest BCUT2D eigenvalue weighted by Crippen LogP contribution is 2.20. The van der Waals surface area contributed by atoms with Crippen LogP contribution in [0.1, 0.15) is 21.7 Å². The fraction of sp³-hybridized carbons (Fsp3) is 0.231. The molecule has 19 heavy (non-hydrogen) atoms. The lowest BCUT2D eigenvalue weighted by Gasteiger charge is -2.17. The zero-order valence-electron chi connectivity index (χ0n) is 10.5. The largest absolute Gasteiger partial charge is 0.469 e. The monoisotopic (exact) mass is 342 g/mol. The van der Waals surface area contributed by atoms with Gasteiger partial charge in [0.15, 0.2) is 0 Å². The number of aryl methyl sites for hydroxylation is 1. The van der Waals surface area contributed by atoms with Crippen LogP contribution in [0.3, 0.4) is 0 Å². The number of hydrogen-bond donors (Lipinski definition) is 0. The summed E-state index contributed by atoms with van der Waals surface area (Å²) in [5.41, 5.74) is 1.34. The lowest BCUT2D eigenvalue weighted by molar-refractivity contribution is 0.0784. The van der Waals surface area contributed by atoms with Crippen LogP contribution in [0.15, 0.2) is 33.5 Å². The number of hydrogen-bond acceptors (Lipinski definition) is 3. The van der Waals surface area contributed by atoms with Gasteiger partial charge in [0.05, 0.1) is 11.8 Å². The molecule has 0 atom stereocenters. The summed E-state index contributed by atoms with van der Waals surface area (Å²) >= 11 is 9.23. The molecule has 6 heteroatoms. The van der Waals surface area contributed by atoms with E-state index in [4.69, 9.17) is 16.0 Å². The summed E-state index contributed by atoms with van der Waals surface area (Å²) in [4.78, 5) is 17.8. The molecule has 0 aliphatic rings. The highest BCUT2D eigenvalue weighted by Gasteiger charge is 2.17. The molecule has 0 N–H and O–H groups in total. The predicted octanol–water partition coefficient (Wildman–Crippen LogP) is 3.67. The highest BCUT2D eigenvalue weighted by atomic mass is 79.9. The number of furan rings is 1. The van der Waals surface area contributed by atoms with Crippen molar-refractivity contribution in [2.45, 2.75) is 13.5 Å². The van der Waals surface area contributed by atoms with E-state index in [9.17, 15) is 4.79 Å². The highest BCUT2D eigenvalue weighted by molar-refractivity contribution is 9.10. The average Bonchev–Trinajstić information content (AvgIpc) is 2.77. The van der Waals surface area contributed by atoms with Crippen LogP contribution in [-0.4, -0.2) is 22.8 Å². The Labute approximate surface area is 124 Å². The fourth-order valence-electron chi connectivity index (χ4n) is 1.68. The van der Waals surface area contributed by atoms with Crippen molar-refractivity contribution >= 4 is 33.4 Å². The first-order valence-corrected chi connectivity index (χ1v) is 6.75. The minimum Gasteiger partial charge on any atom is -0.469 e. The standard InChI is InChI=1S/C13H12BrClN2O2/c1-8-9(3-4-19-8)7-17(2)13(18)11-5-10(14)6-16-12(11)15/h3-6H,7H2,1-2H3. The molecule has 0 saturated heterocycles. The van der Waals surface area contributed by atoms with Crippen molar-refractivity contribution in [1.82, 2.24) is 9.88 Å². The smallest absolute Gasteiger partial charge is 0.257 e. The number of carbonyl (C=O) groups excluding carboxylic acids is 1. The predicted molar refractivity (Wildman–Crippen MR) is 76.2 cm³/mol. The maximum atomic E-state index is 12.3. The van der Waals surface area contributed by atoms with Crippen LogP contribution in [0.25, 0.3) is 0 Å². The van der Waals surface area contributed by atoms with E-state index in [0.717, 1.165) is 11.3 Å². The molecule has 0 saturated carbocycles. The number of carbonyl (C=O) groups is 1. The molecule has 4 nitrogen and oxygen atoms in total.